The van der Waals surface area contributed by atoms with Gasteiger partial charge in [0.25, 0.3) is 0 Å². The van der Waals surface area contributed by atoms with Crippen LogP contribution in [0.2, 0.25) is 0 Å². The van der Waals surface area contributed by atoms with Crippen molar-refractivity contribution in [2.24, 2.45) is 5.92 Å². The molecule has 2 unspecified atom stereocenters. The lowest BCUT2D eigenvalue weighted by Crippen LogP contribution is -2.44. The van der Waals surface area contributed by atoms with Crippen molar-refractivity contribution in [3.8, 4) is 11.8 Å². The summed E-state index contributed by atoms with van der Waals surface area (Å²) in [5, 5.41) is 12.5. The van der Waals surface area contributed by atoms with E-state index in [9.17, 15) is 19.6 Å². The van der Waals surface area contributed by atoms with E-state index >= 15 is 0 Å². The summed E-state index contributed by atoms with van der Waals surface area (Å²) in [6, 6.07) is 8.87. The zero-order valence-corrected chi connectivity index (χ0v) is 16.5. The third-order valence-electron chi connectivity index (χ3n) is 4.10. The molecular formula is C19H20N2O6S. The van der Waals surface area contributed by atoms with Crippen molar-refractivity contribution < 1.29 is 28.6 Å². The van der Waals surface area contributed by atoms with Gasteiger partial charge in [-0.15, -0.1) is 0 Å². The van der Waals surface area contributed by atoms with Gasteiger partial charge in [-0.25, -0.2) is 0 Å². The quantitative estimate of drug-likeness (QED) is 0.540. The Kier molecular flexibility index (Phi) is 7.46. The molecule has 0 spiro atoms. The van der Waals surface area contributed by atoms with Crippen LogP contribution >= 0.6 is 11.8 Å². The summed E-state index contributed by atoms with van der Waals surface area (Å²) in [7, 11) is 2.43. The highest BCUT2D eigenvalue weighted by molar-refractivity contribution is 8.03. The minimum atomic E-state index is -1.22. The van der Waals surface area contributed by atoms with E-state index in [1.165, 1.54) is 14.2 Å². The molecule has 0 saturated heterocycles. The molecule has 0 aliphatic carbocycles. The normalized spacial score (nSPS) is 18.7. The van der Waals surface area contributed by atoms with Crippen LogP contribution < -0.4 is 10.1 Å². The monoisotopic (exact) mass is 404 g/mol. The first-order chi connectivity index (χ1) is 13.5. The highest BCUT2D eigenvalue weighted by Gasteiger charge is 2.44. The molecule has 2 atom stereocenters. The summed E-state index contributed by atoms with van der Waals surface area (Å²) in [6.07, 6.45) is 0. The van der Waals surface area contributed by atoms with Crippen LogP contribution in [0.5, 0.6) is 5.75 Å². The molecule has 1 N–H and O–H groups in total. The molecule has 1 aliphatic rings. The number of hydrogen-bond acceptors (Lipinski definition) is 8. The molecule has 0 aromatic heterocycles. The molecule has 0 fully saturated rings. The fourth-order valence-electron chi connectivity index (χ4n) is 2.81. The molecule has 1 aromatic rings. The number of allylic oxidation sites excluding steroid dienone is 1. The van der Waals surface area contributed by atoms with E-state index in [0.717, 1.165) is 11.8 Å². The number of hydrogen-bond donors (Lipinski definition) is 1. The summed E-state index contributed by atoms with van der Waals surface area (Å²) >= 11 is 0.971. The van der Waals surface area contributed by atoms with Crippen LogP contribution in [-0.4, -0.2) is 44.4 Å². The van der Waals surface area contributed by atoms with Gasteiger partial charge in [-0.05, 0) is 24.6 Å². The number of benzene rings is 1. The van der Waals surface area contributed by atoms with E-state index in [2.05, 4.69) is 16.1 Å². The fraction of sp³-hybridized carbons (Fsp3) is 0.368. The van der Waals surface area contributed by atoms with E-state index in [1.54, 1.807) is 24.3 Å². The standard InChI is InChI=1S/C19H20N2O6S/c1-4-27-12-7-5-11(6-8-12)15-13(9-20)18(28-10-14(22)25-2)21-17(23)16(15)19(24)26-3/h5-8,15-16H,4,10H2,1-3H3,(H,21,23). The lowest BCUT2D eigenvalue weighted by Gasteiger charge is -2.30. The van der Waals surface area contributed by atoms with E-state index in [1.807, 2.05) is 6.92 Å². The summed E-state index contributed by atoms with van der Waals surface area (Å²) in [6.45, 7) is 2.35. The predicted molar refractivity (Wildman–Crippen MR) is 101 cm³/mol. The van der Waals surface area contributed by atoms with Gasteiger partial charge in [0.15, 0.2) is 0 Å². The molecule has 1 aromatic carbocycles. The lowest BCUT2D eigenvalue weighted by molar-refractivity contribution is -0.150. The van der Waals surface area contributed by atoms with Gasteiger partial charge in [0.1, 0.15) is 11.7 Å². The molecule has 148 valence electrons. The first kappa shape index (κ1) is 21.3. The molecule has 0 radical (unpaired) electrons. The molecule has 0 bridgehead atoms. The van der Waals surface area contributed by atoms with Gasteiger partial charge in [0, 0.05) is 5.92 Å². The van der Waals surface area contributed by atoms with Crippen LogP contribution in [0.1, 0.15) is 18.4 Å². The summed E-state index contributed by atoms with van der Waals surface area (Å²) in [5.74, 6) is -3.38. The third-order valence-corrected chi connectivity index (χ3v) is 5.09. The zero-order valence-electron chi connectivity index (χ0n) is 15.7. The van der Waals surface area contributed by atoms with Crippen molar-refractivity contribution in [1.82, 2.24) is 5.32 Å². The molecule has 9 heteroatoms. The van der Waals surface area contributed by atoms with Gasteiger partial charge in [0.2, 0.25) is 5.91 Å². The van der Waals surface area contributed by atoms with Gasteiger partial charge in [-0.2, -0.15) is 5.26 Å². The molecule has 1 amide bonds. The number of amides is 1. The second kappa shape index (κ2) is 9.80. The van der Waals surface area contributed by atoms with Gasteiger partial charge < -0.3 is 19.5 Å². The number of nitriles is 1. The van der Waals surface area contributed by atoms with Crippen molar-refractivity contribution in [2.75, 3.05) is 26.6 Å². The van der Waals surface area contributed by atoms with Crippen molar-refractivity contribution in [1.29, 1.82) is 5.26 Å². The maximum Gasteiger partial charge on any atom is 0.319 e. The Morgan fingerprint density at radius 1 is 1.21 bits per heavy atom. The Morgan fingerprint density at radius 2 is 1.89 bits per heavy atom. The Hall–Kier alpha value is -2.99. The Bertz CT molecular complexity index is 828. The van der Waals surface area contributed by atoms with E-state index in [-0.39, 0.29) is 16.4 Å². The minimum absolute atomic E-state index is 0.0871. The number of methoxy groups -OCH3 is 2. The Balaban J connectivity index is 2.50. The second-order valence-electron chi connectivity index (χ2n) is 5.69. The molecule has 1 heterocycles. The molecule has 2 rings (SSSR count). The number of ether oxygens (including phenoxy) is 3. The maximum absolute atomic E-state index is 12.6. The predicted octanol–water partition coefficient (Wildman–Crippen LogP) is 1.73. The molecule has 28 heavy (non-hydrogen) atoms. The third kappa shape index (κ3) is 4.64. The second-order valence-corrected chi connectivity index (χ2v) is 6.67. The number of carbonyl (C=O) groups excluding carboxylic acids is 3. The lowest BCUT2D eigenvalue weighted by atomic mass is 9.78. The topological polar surface area (TPSA) is 115 Å². The van der Waals surface area contributed by atoms with E-state index in [4.69, 9.17) is 9.47 Å². The number of rotatable bonds is 7. The van der Waals surface area contributed by atoms with Crippen molar-refractivity contribution in [3.05, 3.63) is 40.4 Å². The Labute approximate surface area is 166 Å². The number of nitrogens with one attached hydrogen (secondary N) is 1. The van der Waals surface area contributed by atoms with Crippen LogP contribution in [0.3, 0.4) is 0 Å². The van der Waals surface area contributed by atoms with Crippen LogP contribution in [0.4, 0.5) is 0 Å². The van der Waals surface area contributed by atoms with E-state index in [0.29, 0.717) is 17.9 Å². The Morgan fingerprint density at radius 3 is 2.43 bits per heavy atom. The number of thioether (sulfide) groups is 1. The smallest absolute Gasteiger partial charge is 0.319 e. The summed E-state index contributed by atoms with van der Waals surface area (Å²) in [4.78, 5) is 36.4. The largest absolute Gasteiger partial charge is 0.494 e. The number of nitrogens with zero attached hydrogens (tertiary/aromatic N) is 1. The first-order valence-electron chi connectivity index (χ1n) is 8.42. The summed E-state index contributed by atoms with van der Waals surface area (Å²) < 4.78 is 14.8. The van der Waals surface area contributed by atoms with Gasteiger partial charge in [-0.1, -0.05) is 23.9 Å². The van der Waals surface area contributed by atoms with Crippen LogP contribution in [-0.2, 0) is 23.9 Å². The first-order valence-corrected chi connectivity index (χ1v) is 9.40. The molecular weight excluding hydrogens is 384 g/mol. The van der Waals surface area contributed by atoms with Crippen LogP contribution in [0.15, 0.2) is 34.9 Å². The number of esters is 2. The highest BCUT2D eigenvalue weighted by Crippen LogP contribution is 2.40. The maximum atomic E-state index is 12.6. The van der Waals surface area contributed by atoms with Gasteiger partial charge in [0.05, 0.1) is 43.3 Å². The molecule has 0 saturated carbocycles. The van der Waals surface area contributed by atoms with Crippen LogP contribution in [0.25, 0.3) is 0 Å². The average Bonchev–Trinajstić information content (AvgIpc) is 2.71. The van der Waals surface area contributed by atoms with Gasteiger partial charge in [-0.3, -0.25) is 14.4 Å². The average molecular weight is 404 g/mol. The fourth-order valence-corrected chi connectivity index (χ4v) is 3.69. The van der Waals surface area contributed by atoms with Gasteiger partial charge >= 0.3 is 11.9 Å². The van der Waals surface area contributed by atoms with Crippen molar-refractivity contribution in [2.45, 2.75) is 12.8 Å². The van der Waals surface area contributed by atoms with Crippen LogP contribution in [0, 0.1) is 17.2 Å². The number of carbonyl (C=O) groups is 3. The van der Waals surface area contributed by atoms with E-state index < -0.39 is 29.7 Å². The molecule has 1 aliphatic heterocycles. The summed E-state index contributed by atoms with van der Waals surface area (Å²) in [5.41, 5.74) is 0.759. The highest BCUT2D eigenvalue weighted by atomic mass is 32.2. The SMILES string of the molecule is CCOc1ccc(C2C(C#N)=C(SCC(=O)OC)NC(=O)C2C(=O)OC)cc1. The van der Waals surface area contributed by atoms with Crippen molar-refractivity contribution in [3.63, 3.8) is 0 Å². The van der Waals surface area contributed by atoms with Crippen molar-refractivity contribution >= 4 is 29.6 Å². The molecule has 8 nitrogen and oxygen atoms in total. The minimum Gasteiger partial charge on any atom is -0.494 e. The zero-order chi connectivity index (χ0) is 20.7.